The third-order valence-corrected chi connectivity index (χ3v) is 9.42. The van der Waals surface area contributed by atoms with Gasteiger partial charge in [0.2, 0.25) is 6.61 Å². The molecule has 2 aliphatic rings. The van der Waals surface area contributed by atoms with Gasteiger partial charge in [-0.2, -0.15) is 0 Å². The number of oxime groups is 1. The van der Waals surface area contributed by atoms with E-state index in [1.54, 1.807) is 45.4 Å². The van der Waals surface area contributed by atoms with Crippen LogP contribution in [0.4, 0.5) is 5.13 Å². The molecule has 232 valence electrons. The van der Waals surface area contributed by atoms with Crippen molar-refractivity contribution in [1.29, 1.82) is 0 Å². The number of carboxylic acid groups (broad SMARTS) is 1. The maximum Gasteiger partial charge on any atom is 0.352 e. The van der Waals surface area contributed by atoms with Gasteiger partial charge in [0.05, 0.1) is 5.02 Å². The Morgan fingerprint density at radius 2 is 2.09 bits per heavy atom. The highest BCUT2D eigenvalue weighted by Crippen LogP contribution is 2.40. The lowest BCUT2D eigenvalue weighted by Crippen LogP contribution is -2.71. The Labute approximate surface area is 271 Å². The number of nitrogens with two attached hydrogens (primary N) is 1. The fourth-order valence-corrected chi connectivity index (χ4v) is 7.44. The van der Waals surface area contributed by atoms with E-state index in [0.717, 1.165) is 17.0 Å². The van der Waals surface area contributed by atoms with Crippen LogP contribution in [-0.4, -0.2) is 78.2 Å². The number of hydrogen-bond donors (Lipinski definition) is 3. The summed E-state index contributed by atoms with van der Waals surface area (Å²) in [5, 5.41) is 16.5. The first kappa shape index (κ1) is 31.7. The van der Waals surface area contributed by atoms with Gasteiger partial charge in [0, 0.05) is 17.4 Å². The minimum Gasteiger partial charge on any atom is -0.477 e. The first-order valence-electron chi connectivity index (χ1n) is 12.9. The van der Waals surface area contributed by atoms with Crippen molar-refractivity contribution in [1.82, 2.24) is 19.6 Å². The van der Waals surface area contributed by atoms with Crippen molar-refractivity contribution in [2.75, 3.05) is 18.1 Å². The molecule has 0 unspecified atom stereocenters. The van der Waals surface area contributed by atoms with Crippen molar-refractivity contribution in [3.63, 3.8) is 0 Å². The van der Waals surface area contributed by atoms with Crippen LogP contribution in [0.15, 0.2) is 50.9 Å². The van der Waals surface area contributed by atoms with Crippen LogP contribution in [-0.2, 0) is 35.3 Å². The zero-order valence-corrected chi connectivity index (χ0v) is 27.4. The number of imidazole rings is 1. The molecule has 2 aliphatic heterocycles. The van der Waals surface area contributed by atoms with E-state index >= 15 is 0 Å². The Morgan fingerprint density at radius 3 is 2.75 bits per heavy atom. The standard InChI is InChI=1S/C26H25BrClN7O7S2/c1-26(2,3)42-15(36)10-41-32-17(16-20(27)44-25(29)31-16)21(37)30-18-22(38)35-19(24(39)40)12(11-43-23(18)35)8-33-6-7-34-9-13(28)4-5-14(33)34/h4-7,9,18,23H,8,10-11H2,1-3H3,(H3-,29,30,31,37,39,40)/p+1/b32-17-/t18-,23-/m1/s1. The van der Waals surface area contributed by atoms with Crippen molar-refractivity contribution in [3.8, 4) is 0 Å². The number of nitrogen functional groups attached to an aromatic ring is 1. The number of halogens is 2. The molecule has 1 fully saturated rings. The van der Waals surface area contributed by atoms with Gasteiger partial charge in [0.25, 0.3) is 17.5 Å². The molecule has 1 saturated heterocycles. The number of carboxylic acids is 1. The van der Waals surface area contributed by atoms with Crippen LogP contribution in [0.5, 0.6) is 0 Å². The highest BCUT2D eigenvalue weighted by molar-refractivity contribution is 9.11. The molecule has 0 radical (unpaired) electrons. The van der Waals surface area contributed by atoms with Gasteiger partial charge in [-0.3, -0.25) is 14.5 Å². The first-order chi connectivity index (χ1) is 20.7. The second-order valence-electron chi connectivity index (χ2n) is 10.6. The Morgan fingerprint density at radius 1 is 1.34 bits per heavy atom. The molecule has 3 aromatic heterocycles. The van der Waals surface area contributed by atoms with Gasteiger partial charge >= 0.3 is 11.9 Å². The lowest BCUT2D eigenvalue weighted by molar-refractivity contribution is -0.662. The summed E-state index contributed by atoms with van der Waals surface area (Å²) in [5.41, 5.74) is 5.93. The van der Waals surface area contributed by atoms with Gasteiger partial charge in [0.15, 0.2) is 10.8 Å². The number of nitrogens with zero attached hydrogens (tertiary/aromatic N) is 5. The van der Waals surface area contributed by atoms with Crippen LogP contribution >= 0.6 is 50.6 Å². The molecular formula is C26H26BrClN7O7S2+. The molecule has 4 N–H and O–H groups in total. The predicted molar refractivity (Wildman–Crippen MR) is 165 cm³/mol. The lowest BCUT2D eigenvalue weighted by Gasteiger charge is -2.49. The lowest BCUT2D eigenvalue weighted by atomic mass is 10.0. The minimum atomic E-state index is -1.25. The fourth-order valence-electron chi connectivity index (χ4n) is 4.60. The topological polar surface area (TPSA) is 182 Å². The fraction of sp³-hybridized carbons (Fsp3) is 0.346. The summed E-state index contributed by atoms with van der Waals surface area (Å²) in [5.74, 6) is -3.10. The number of amides is 2. The van der Waals surface area contributed by atoms with Crippen LogP contribution < -0.4 is 15.6 Å². The number of thiazole rings is 1. The van der Waals surface area contributed by atoms with E-state index in [0.29, 0.717) is 20.1 Å². The van der Waals surface area contributed by atoms with Crippen LogP contribution in [0.25, 0.3) is 5.65 Å². The van der Waals surface area contributed by atoms with Crippen LogP contribution in [0.1, 0.15) is 26.5 Å². The number of anilines is 1. The molecule has 5 heterocycles. The largest absolute Gasteiger partial charge is 0.477 e. The number of carbonyl (C=O) groups is 4. The maximum absolute atomic E-state index is 13.4. The molecule has 14 nitrogen and oxygen atoms in total. The molecule has 44 heavy (non-hydrogen) atoms. The van der Waals surface area contributed by atoms with Crippen molar-refractivity contribution >= 4 is 90.9 Å². The first-order valence-corrected chi connectivity index (χ1v) is 16.0. The van der Waals surface area contributed by atoms with Crippen LogP contribution in [0.2, 0.25) is 5.02 Å². The zero-order valence-electron chi connectivity index (χ0n) is 23.4. The van der Waals surface area contributed by atoms with Gasteiger partial charge < -0.3 is 25.7 Å². The summed E-state index contributed by atoms with van der Waals surface area (Å²) in [4.78, 5) is 61.6. The van der Waals surface area contributed by atoms with Crippen molar-refractivity contribution in [2.24, 2.45) is 5.16 Å². The number of pyridine rings is 1. The second kappa shape index (κ2) is 12.4. The predicted octanol–water partition coefficient (Wildman–Crippen LogP) is 2.18. The molecule has 18 heteroatoms. The van der Waals surface area contributed by atoms with E-state index in [1.165, 1.54) is 16.7 Å². The molecule has 2 amide bonds. The summed E-state index contributed by atoms with van der Waals surface area (Å²) in [6.45, 7) is 4.71. The quantitative estimate of drug-likeness (QED) is 0.0972. The van der Waals surface area contributed by atoms with Crippen molar-refractivity contribution in [2.45, 2.75) is 44.3 Å². The molecule has 3 aromatic rings. The molecule has 0 aliphatic carbocycles. The number of carbonyl (C=O) groups excluding carboxylic acids is 3. The van der Waals surface area contributed by atoms with Gasteiger partial charge in [-0.15, -0.1) is 11.8 Å². The molecular weight excluding hydrogens is 702 g/mol. The average molecular weight is 728 g/mol. The Kier molecular flexibility index (Phi) is 8.93. The van der Waals surface area contributed by atoms with Crippen molar-refractivity contribution < 1.29 is 38.4 Å². The van der Waals surface area contributed by atoms with Crippen LogP contribution in [0.3, 0.4) is 0 Å². The summed E-state index contributed by atoms with van der Waals surface area (Å²) in [7, 11) is 0. The number of fused-ring (bicyclic) bond motifs is 2. The molecule has 0 aromatic carbocycles. The van der Waals surface area contributed by atoms with Gasteiger partial charge in [-0.05, 0) is 42.8 Å². The molecule has 0 bridgehead atoms. The van der Waals surface area contributed by atoms with Gasteiger partial charge in [-0.1, -0.05) is 28.1 Å². The molecule has 0 spiro atoms. The van der Waals surface area contributed by atoms with E-state index in [4.69, 9.17) is 26.9 Å². The summed E-state index contributed by atoms with van der Waals surface area (Å²) in [6.07, 6.45) is 5.33. The number of esters is 1. The smallest absolute Gasteiger partial charge is 0.352 e. The Bertz CT molecular complexity index is 1750. The molecule has 2 atom stereocenters. The third-order valence-electron chi connectivity index (χ3n) is 6.32. The summed E-state index contributed by atoms with van der Waals surface area (Å²) < 4.78 is 9.23. The average Bonchev–Trinajstić information content (AvgIpc) is 3.48. The van der Waals surface area contributed by atoms with E-state index < -0.39 is 47.4 Å². The van der Waals surface area contributed by atoms with E-state index in [9.17, 15) is 24.3 Å². The maximum atomic E-state index is 13.4. The van der Waals surface area contributed by atoms with Crippen LogP contribution in [0, 0.1) is 0 Å². The van der Waals surface area contributed by atoms with Crippen molar-refractivity contribution in [3.05, 3.63) is 56.5 Å². The summed E-state index contributed by atoms with van der Waals surface area (Å²) >= 11 is 11.7. The molecule has 5 rings (SSSR count). The number of ether oxygens (including phenoxy) is 1. The highest BCUT2D eigenvalue weighted by atomic mass is 79.9. The number of hydrogen-bond acceptors (Lipinski definition) is 11. The SMILES string of the molecule is CC(C)(C)OC(=O)CO/N=C(\C(=O)N[C@@H]1C(=O)N2C(C(=O)O)=C(C[n+]3ccn4cc(Cl)ccc43)CS[C@H]12)c1nc(N)sc1Br. The van der Waals surface area contributed by atoms with E-state index in [1.807, 2.05) is 15.0 Å². The number of aliphatic carboxylic acids is 1. The minimum absolute atomic E-state index is 0.0422. The number of aromatic nitrogens is 3. The van der Waals surface area contributed by atoms with Gasteiger partial charge in [0.1, 0.15) is 57.3 Å². The second-order valence-corrected chi connectivity index (χ2v) is 14.5. The monoisotopic (exact) mass is 726 g/mol. The Balaban J connectivity index is 1.34. The number of rotatable bonds is 9. The van der Waals surface area contributed by atoms with E-state index in [-0.39, 0.29) is 28.8 Å². The number of thioether (sulfide) groups is 1. The molecule has 0 saturated carbocycles. The summed E-state index contributed by atoms with van der Waals surface area (Å²) in [6, 6.07) is 2.49. The van der Waals surface area contributed by atoms with Gasteiger partial charge in [-0.25, -0.2) is 23.5 Å². The highest BCUT2D eigenvalue weighted by Gasteiger charge is 2.54. The van der Waals surface area contributed by atoms with E-state index in [2.05, 4.69) is 31.4 Å². The zero-order chi connectivity index (χ0) is 31.9. The number of nitrogens with one attached hydrogen (secondary N) is 1. The Hall–Kier alpha value is -3.67. The number of β-lactam (4-membered cyclic amide) rings is 1. The third kappa shape index (κ3) is 6.55. The normalized spacial score (nSPS) is 18.6.